The Hall–Kier alpha value is -2.67. The number of aryl methyl sites for hydroxylation is 1. The van der Waals surface area contributed by atoms with E-state index in [9.17, 15) is 0 Å². The van der Waals surface area contributed by atoms with Crippen molar-refractivity contribution < 1.29 is 14.2 Å². The van der Waals surface area contributed by atoms with Crippen molar-refractivity contribution in [2.75, 3.05) is 27.9 Å². The smallest absolute Gasteiger partial charge is 0.224 e. The zero-order valence-electron chi connectivity index (χ0n) is 16.5. The molecule has 0 saturated carbocycles. The van der Waals surface area contributed by atoms with E-state index in [0.717, 1.165) is 41.0 Å². The first-order valence-corrected chi connectivity index (χ1v) is 9.12. The summed E-state index contributed by atoms with van der Waals surface area (Å²) in [5.74, 6) is 2.00. The third-order valence-corrected chi connectivity index (χ3v) is 4.69. The van der Waals surface area contributed by atoms with Gasteiger partial charge in [-0.2, -0.15) is 4.98 Å². The van der Waals surface area contributed by atoms with Crippen LogP contribution in [0.1, 0.15) is 32.1 Å². The predicted molar refractivity (Wildman–Crippen MR) is 104 cm³/mol. The fraction of sp³-hybridized carbons (Fsp3) is 0.450. The highest BCUT2D eigenvalue weighted by atomic mass is 16.5. The lowest BCUT2D eigenvalue weighted by Gasteiger charge is -2.18. The third-order valence-electron chi connectivity index (χ3n) is 4.69. The van der Waals surface area contributed by atoms with Crippen LogP contribution in [0.2, 0.25) is 0 Å². The Morgan fingerprint density at radius 1 is 1.00 bits per heavy atom. The Morgan fingerprint density at radius 3 is 2.44 bits per heavy atom. The maximum absolute atomic E-state index is 5.50. The number of methoxy groups -OCH3 is 3. The molecule has 7 heteroatoms. The van der Waals surface area contributed by atoms with Crippen LogP contribution in [0.15, 0.2) is 24.4 Å². The standard InChI is InChI=1S/C20H26N4O3/c1-6-13(12-25-3)24-16(7-2)22-18-14(10-11-21-19(18)24)15-8-9-17(26-4)23-20(15)27-5/h8-11,13H,6-7,12H2,1-5H3. The van der Waals surface area contributed by atoms with Crippen LogP contribution in [-0.4, -0.2) is 47.5 Å². The van der Waals surface area contributed by atoms with Crippen molar-refractivity contribution in [3.05, 3.63) is 30.2 Å². The minimum atomic E-state index is 0.189. The second-order valence-electron chi connectivity index (χ2n) is 6.21. The van der Waals surface area contributed by atoms with Crippen LogP contribution >= 0.6 is 0 Å². The van der Waals surface area contributed by atoms with Gasteiger partial charge in [0.25, 0.3) is 0 Å². The minimum absolute atomic E-state index is 0.189. The first-order valence-electron chi connectivity index (χ1n) is 9.12. The number of nitrogens with zero attached hydrogens (tertiary/aromatic N) is 4. The lowest BCUT2D eigenvalue weighted by molar-refractivity contribution is 0.153. The molecule has 3 rings (SSSR count). The average molecular weight is 370 g/mol. The van der Waals surface area contributed by atoms with Crippen LogP contribution < -0.4 is 9.47 Å². The normalized spacial score (nSPS) is 12.3. The van der Waals surface area contributed by atoms with Gasteiger partial charge in [0.1, 0.15) is 11.3 Å². The summed E-state index contributed by atoms with van der Waals surface area (Å²) in [5, 5.41) is 0. The number of hydrogen-bond donors (Lipinski definition) is 0. The van der Waals surface area contributed by atoms with Crippen molar-refractivity contribution in [3.63, 3.8) is 0 Å². The summed E-state index contributed by atoms with van der Waals surface area (Å²) in [6, 6.07) is 5.90. The van der Waals surface area contributed by atoms with Crippen molar-refractivity contribution in [2.45, 2.75) is 32.7 Å². The fourth-order valence-electron chi connectivity index (χ4n) is 3.35. The summed E-state index contributed by atoms with van der Waals surface area (Å²) < 4.78 is 18.3. The Kier molecular flexibility index (Phi) is 5.91. The lowest BCUT2D eigenvalue weighted by atomic mass is 10.1. The molecule has 3 aromatic rings. The topological polar surface area (TPSA) is 71.3 Å². The SMILES string of the molecule is CCc1nc2c(-c3ccc(OC)nc3OC)ccnc2n1C(CC)COC. The Morgan fingerprint density at radius 2 is 1.81 bits per heavy atom. The molecule has 3 aromatic heterocycles. The van der Waals surface area contributed by atoms with Crippen molar-refractivity contribution in [1.82, 2.24) is 19.5 Å². The zero-order chi connectivity index (χ0) is 19.4. The molecule has 0 aliphatic heterocycles. The second kappa shape index (κ2) is 8.35. The highest BCUT2D eigenvalue weighted by Gasteiger charge is 2.22. The average Bonchev–Trinajstić information content (AvgIpc) is 3.10. The second-order valence-corrected chi connectivity index (χ2v) is 6.21. The largest absolute Gasteiger partial charge is 0.481 e. The van der Waals surface area contributed by atoms with E-state index >= 15 is 0 Å². The number of rotatable bonds is 8. The van der Waals surface area contributed by atoms with Gasteiger partial charge in [-0.3, -0.25) is 0 Å². The van der Waals surface area contributed by atoms with Crippen molar-refractivity contribution in [3.8, 4) is 22.9 Å². The van der Waals surface area contributed by atoms with Crippen LogP contribution in [0.3, 0.4) is 0 Å². The van der Waals surface area contributed by atoms with Gasteiger partial charge in [-0.15, -0.1) is 0 Å². The molecule has 1 atom stereocenters. The number of imidazole rings is 1. The molecule has 3 heterocycles. The quantitative estimate of drug-likeness (QED) is 0.602. The molecular weight excluding hydrogens is 344 g/mol. The molecule has 0 spiro atoms. The Labute approximate surface area is 159 Å². The van der Waals surface area contributed by atoms with E-state index in [2.05, 4.69) is 28.4 Å². The molecule has 0 bridgehead atoms. The first kappa shape index (κ1) is 19.1. The molecule has 0 amide bonds. The summed E-state index contributed by atoms with van der Waals surface area (Å²) in [6.07, 6.45) is 3.55. The van der Waals surface area contributed by atoms with E-state index in [1.807, 2.05) is 18.2 Å². The van der Waals surface area contributed by atoms with E-state index in [1.54, 1.807) is 27.5 Å². The summed E-state index contributed by atoms with van der Waals surface area (Å²) in [5.41, 5.74) is 3.49. The number of aromatic nitrogens is 4. The zero-order valence-corrected chi connectivity index (χ0v) is 16.5. The van der Waals surface area contributed by atoms with Gasteiger partial charge in [-0.05, 0) is 18.6 Å². The molecule has 0 saturated heterocycles. The number of pyridine rings is 2. The van der Waals surface area contributed by atoms with Crippen molar-refractivity contribution in [2.24, 2.45) is 0 Å². The van der Waals surface area contributed by atoms with E-state index in [4.69, 9.17) is 19.2 Å². The van der Waals surface area contributed by atoms with E-state index < -0.39 is 0 Å². The summed E-state index contributed by atoms with van der Waals surface area (Å²) in [7, 11) is 4.91. The van der Waals surface area contributed by atoms with Gasteiger partial charge in [0.05, 0.1) is 26.9 Å². The maximum atomic E-state index is 5.50. The summed E-state index contributed by atoms with van der Waals surface area (Å²) >= 11 is 0. The van der Waals surface area contributed by atoms with Gasteiger partial charge in [0, 0.05) is 36.9 Å². The first-order chi connectivity index (χ1) is 13.2. The van der Waals surface area contributed by atoms with Crippen LogP contribution in [0.5, 0.6) is 11.8 Å². The van der Waals surface area contributed by atoms with Gasteiger partial charge >= 0.3 is 0 Å². The molecule has 0 aliphatic carbocycles. The molecule has 0 radical (unpaired) electrons. The molecule has 0 N–H and O–H groups in total. The highest BCUT2D eigenvalue weighted by molar-refractivity contribution is 5.91. The number of fused-ring (bicyclic) bond motifs is 1. The van der Waals surface area contributed by atoms with Crippen molar-refractivity contribution >= 4 is 11.2 Å². The molecule has 0 aliphatic rings. The van der Waals surface area contributed by atoms with Crippen LogP contribution in [0.4, 0.5) is 0 Å². The molecule has 144 valence electrons. The summed E-state index contributed by atoms with van der Waals surface area (Å²) in [4.78, 5) is 13.9. The molecule has 0 fully saturated rings. The van der Waals surface area contributed by atoms with Crippen LogP contribution in [0.25, 0.3) is 22.3 Å². The number of hydrogen-bond acceptors (Lipinski definition) is 6. The van der Waals surface area contributed by atoms with Gasteiger partial charge in [0.15, 0.2) is 5.65 Å². The van der Waals surface area contributed by atoms with Gasteiger partial charge in [-0.1, -0.05) is 13.8 Å². The molecule has 27 heavy (non-hydrogen) atoms. The fourth-order valence-corrected chi connectivity index (χ4v) is 3.35. The predicted octanol–water partition coefficient (Wildman–Crippen LogP) is 3.67. The molecule has 0 aromatic carbocycles. The van der Waals surface area contributed by atoms with Gasteiger partial charge in [-0.25, -0.2) is 9.97 Å². The van der Waals surface area contributed by atoms with Gasteiger partial charge < -0.3 is 18.8 Å². The van der Waals surface area contributed by atoms with Crippen molar-refractivity contribution in [1.29, 1.82) is 0 Å². The van der Waals surface area contributed by atoms with E-state index in [1.165, 1.54) is 0 Å². The minimum Gasteiger partial charge on any atom is -0.481 e. The van der Waals surface area contributed by atoms with E-state index in [-0.39, 0.29) is 6.04 Å². The molecule has 7 nitrogen and oxygen atoms in total. The lowest BCUT2D eigenvalue weighted by Crippen LogP contribution is -2.16. The highest BCUT2D eigenvalue weighted by Crippen LogP contribution is 2.35. The van der Waals surface area contributed by atoms with Crippen LogP contribution in [0, 0.1) is 0 Å². The number of ether oxygens (including phenoxy) is 3. The Bertz CT molecular complexity index is 923. The third kappa shape index (κ3) is 3.47. The Balaban J connectivity index is 2.24. The molecular formula is C20H26N4O3. The maximum Gasteiger partial charge on any atom is 0.224 e. The van der Waals surface area contributed by atoms with E-state index in [0.29, 0.717) is 18.4 Å². The van der Waals surface area contributed by atoms with Crippen LogP contribution in [-0.2, 0) is 11.2 Å². The van der Waals surface area contributed by atoms with Gasteiger partial charge in [0.2, 0.25) is 11.8 Å². The molecule has 1 unspecified atom stereocenters. The monoisotopic (exact) mass is 370 g/mol. The summed E-state index contributed by atoms with van der Waals surface area (Å²) in [6.45, 7) is 4.87.